The van der Waals surface area contributed by atoms with E-state index in [4.69, 9.17) is 5.73 Å². The average molecular weight is 213 g/mol. The molecule has 0 aromatic carbocycles. The van der Waals surface area contributed by atoms with Gasteiger partial charge in [-0.05, 0) is 31.9 Å². The van der Waals surface area contributed by atoms with Crippen molar-refractivity contribution >= 4 is 16.8 Å². The Bertz CT molecular complexity index is 254. The smallest absolute Gasteiger partial charge is 0.112 e. The molecule has 2 aliphatic rings. The second-order valence-corrected chi connectivity index (χ2v) is 5.24. The van der Waals surface area contributed by atoms with Gasteiger partial charge in [-0.25, -0.2) is 0 Å². The van der Waals surface area contributed by atoms with E-state index < -0.39 is 0 Å². The monoisotopic (exact) mass is 213 g/mol. The molecule has 0 amide bonds. The molecule has 0 aromatic rings. The molecule has 0 bridgehead atoms. The van der Waals surface area contributed by atoms with E-state index in [9.17, 15) is 0 Å². The molecule has 1 saturated heterocycles. The fourth-order valence-corrected chi connectivity index (χ4v) is 3.01. The lowest BCUT2D eigenvalue weighted by atomic mass is 9.87. The number of piperidine rings is 1. The molecule has 4 unspecified atom stereocenters. The molecule has 2 N–H and O–H groups in total. The van der Waals surface area contributed by atoms with Gasteiger partial charge in [-0.3, -0.25) is 5.01 Å². The molecule has 2 rings (SSSR count). The summed E-state index contributed by atoms with van der Waals surface area (Å²) in [5, 5.41) is 7.98. The van der Waals surface area contributed by atoms with Crippen molar-refractivity contribution in [2.24, 2.45) is 16.8 Å². The van der Waals surface area contributed by atoms with Gasteiger partial charge in [0.1, 0.15) is 5.04 Å². The minimum atomic E-state index is 0.153. The number of thioether (sulfide) groups is 1. The molecule has 3 nitrogen and oxygen atoms in total. The highest BCUT2D eigenvalue weighted by Crippen LogP contribution is 2.34. The molecule has 4 heteroatoms. The summed E-state index contributed by atoms with van der Waals surface area (Å²) in [6.45, 7) is 4.56. The Kier molecular flexibility index (Phi) is 2.75. The summed E-state index contributed by atoms with van der Waals surface area (Å²) in [4.78, 5) is 0. The lowest BCUT2D eigenvalue weighted by molar-refractivity contribution is 0.0699. The second-order valence-electron chi connectivity index (χ2n) is 4.41. The van der Waals surface area contributed by atoms with Crippen molar-refractivity contribution in [3.63, 3.8) is 0 Å². The molecule has 0 spiro atoms. The molecule has 2 aliphatic heterocycles. The number of fused-ring (bicyclic) bond motifs is 1. The van der Waals surface area contributed by atoms with Crippen LogP contribution in [0.1, 0.15) is 26.7 Å². The first-order valence-electron chi connectivity index (χ1n) is 5.31. The SMILES string of the molecule is CSC1=NN2C(C)C(C)CCC2C1N. The van der Waals surface area contributed by atoms with E-state index in [-0.39, 0.29) is 6.04 Å². The first-order chi connectivity index (χ1) is 6.65. The standard InChI is InChI=1S/C10H19N3S/c1-6-4-5-8-9(11)10(14-3)12-13(8)7(6)2/h6-9H,4-5,11H2,1-3H3. The maximum absolute atomic E-state index is 6.16. The molecule has 4 atom stereocenters. The van der Waals surface area contributed by atoms with Crippen LogP contribution < -0.4 is 5.73 Å². The summed E-state index contributed by atoms with van der Waals surface area (Å²) < 4.78 is 0. The van der Waals surface area contributed by atoms with Crippen molar-refractivity contribution in [2.45, 2.75) is 44.8 Å². The molecule has 0 saturated carbocycles. The van der Waals surface area contributed by atoms with Crippen molar-refractivity contribution in [3.05, 3.63) is 0 Å². The van der Waals surface area contributed by atoms with Crippen LogP contribution in [0.4, 0.5) is 0 Å². The zero-order valence-corrected chi connectivity index (χ0v) is 9.92. The maximum atomic E-state index is 6.16. The Morgan fingerprint density at radius 1 is 1.43 bits per heavy atom. The van der Waals surface area contributed by atoms with Crippen molar-refractivity contribution in [2.75, 3.05) is 6.26 Å². The zero-order chi connectivity index (χ0) is 10.3. The third kappa shape index (κ3) is 1.44. The van der Waals surface area contributed by atoms with Crippen LogP contribution in [-0.2, 0) is 0 Å². The van der Waals surface area contributed by atoms with Crippen molar-refractivity contribution in [1.29, 1.82) is 0 Å². The Hall–Kier alpha value is -0.220. The van der Waals surface area contributed by atoms with Gasteiger partial charge in [0.2, 0.25) is 0 Å². The lowest BCUT2D eigenvalue weighted by Gasteiger charge is -2.39. The van der Waals surface area contributed by atoms with Crippen LogP contribution >= 0.6 is 11.8 Å². The number of nitrogens with two attached hydrogens (primary N) is 1. The van der Waals surface area contributed by atoms with E-state index in [1.165, 1.54) is 12.8 Å². The second kappa shape index (κ2) is 3.74. The summed E-state index contributed by atoms with van der Waals surface area (Å²) in [6.07, 6.45) is 4.54. The predicted molar refractivity (Wildman–Crippen MR) is 62.4 cm³/mol. The predicted octanol–water partition coefficient (Wildman–Crippen LogP) is 1.49. The first kappa shape index (κ1) is 10.3. The fourth-order valence-electron chi connectivity index (χ4n) is 2.40. The van der Waals surface area contributed by atoms with Crippen LogP contribution in [-0.4, -0.2) is 34.4 Å². The first-order valence-corrected chi connectivity index (χ1v) is 6.54. The number of nitrogens with zero attached hydrogens (tertiary/aromatic N) is 2. The van der Waals surface area contributed by atoms with Crippen LogP contribution in [0.5, 0.6) is 0 Å². The van der Waals surface area contributed by atoms with E-state index in [2.05, 4.69) is 30.2 Å². The zero-order valence-electron chi connectivity index (χ0n) is 9.10. The quantitative estimate of drug-likeness (QED) is 0.663. The van der Waals surface area contributed by atoms with Crippen LogP contribution in [0.3, 0.4) is 0 Å². The molecule has 1 fully saturated rings. The molecule has 14 heavy (non-hydrogen) atoms. The molecule has 80 valence electrons. The van der Waals surface area contributed by atoms with Crippen molar-refractivity contribution in [1.82, 2.24) is 5.01 Å². The third-order valence-electron chi connectivity index (χ3n) is 3.62. The average Bonchev–Trinajstić information content (AvgIpc) is 2.50. The number of hydrogen-bond donors (Lipinski definition) is 1. The van der Waals surface area contributed by atoms with E-state index in [0.717, 1.165) is 11.0 Å². The highest BCUT2D eigenvalue weighted by molar-refractivity contribution is 8.13. The summed E-state index contributed by atoms with van der Waals surface area (Å²) >= 11 is 1.69. The van der Waals surface area contributed by atoms with Gasteiger partial charge in [0.05, 0.1) is 12.1 Å². The van der Waals surface area contributed by atoms with Crippen LogP contribution in [0.15, 0.2) is 5.10 Å². The van der Waals surface area contributed by atoms with E-state index >= 15 is 0 Å². The highest BCUT2D eigenvalue weighted by atomic mass is 32.2. The largest absolute Gasteiger partial charge is 0.320 e. The maximum Gasteiger partial charge on any atom is 0.112 e. The Labute approximate surface area is 90.1 Å². The summed E-state index contributed by atoms with van der Waals surface area (Å²) in [7, 11) is 0. The fraction of sp³-hybridized carbons (Fsp3) is 0.900. The van der Waals surface area contributed by atoms with Gasteiger partial charge < -0.3 is 5.73 Å². The molecular weight excluding hydrogens is 194 g/mol. The van der Waals surface area contributed by atoms with Gasteiger partial charge in [0.15, 0.2) is 0 Å². The number of rotatable bonds is 0. The molecule has 0 aromatic heterocycles. The highest BCUT2D eigenvalue weighted by Gasteiger charge is 2.41. The van der Waals surface area contributed by atoms with Crippen LogP contribution in [0.25, 0.3) is 0 Å². The topological polar surface area (TPSA) is 41.6 Å². The van der Waals surface area contributed by atoms with Gasteiger partial charge in [0.25, 0.3) is 0 Å². The third-order valence-corrected chi connectivity index (χ3v) is 4.39. The molecule has 2 heterocycles. The van der Waals surface area contributed by atoms with Crippen LogP contribution in [0.2, 0.25) is 0 Å². The Morgan fingerprint density at radius 2 is 2.14 bits per heavy atom. The van der Waals surface area contributed by atoms with Gasteiger partial charge in [-0.2, -0.15) is 5.10 Å². The van der Waals surface area contributed by atoms with Crippen LogP contribution in [0, 0.1) is 5.92 Å². The van der Waals surface area contributed by atoms with Gasteiger partial charge in [0, 0.05) is 6.04 Å². The minimum Gasteiger partial charge on any atom is -0.320 e. The van der Waals surface area contributed by atoms with Gasteiger partial charge >= 0.3 is 0 Å². The molecule has 0 aliphatic carbocycles. The minimum absolute atomic E-state index is 0.153. The number of hydrazone groups is 1. The summed E-state index contributed by atoms with van der Waals surface area (Å²) in [5.74, 6) is 0.739. The van der Waals surface area contributed by atoms with E-state index in [1.54, 1.807) is 11.8 Å². The molecular formula is C10H19N3S. The summed E-state index contributed by atoms with van der Waals surface area (Å²) in [5.41, 5.74) is 6.16. The lowest BCUT2D eigenvalue weighted by Crippen LogP contribution is -2.50. The summed E-state index contributed by atoms with van der Waals surface area (Å²) in [6, 6.07) is 1.16. The van der Waals surface area contributed by atoms with Crippen molar-refractivity contribution in [3.8, 4) is 0 Å². The van der Waals surface area contributed by atoms with Gasteiger partial charge in [-0.1, -0.05) is 6.92 Å². The Morgan fingerprint density at radius 3 is 2.79 bits per heavy atom. The normalized spacial score (nSPS) is 42.3. The van der Waals surface area contributed by atoms with E-state index in [0.29, 0.717) is 12.1 Å². The van der Waals surface area contributed by atoms with E-state index in [1.807, 2.05) is 0 Å². The molecule has 0 radical (unpaired) electrons. The van der Waals surface area contributed by atoms with Gasteiger partial charge in [-0.15, -0.1) is 11.8 Å². The Balaban J connectivity index is 2.19. The number of hydrogen-bond acceptors (Lipinski definition) is 4. The van der Waals surface area contributed by atoms with Crippen molar-refractivity contribution < 1.29 is 0 Å².